The van der Waals surface area contributed by atoms with Gasteiger partial charge in [0.15, 0.2) is 0 Å². The topological polar surface area (TPSA) is 49.8 Å². The van der Waals surface area contributed by atoms with E-state index >= 15 is 0 Å². The molecule has 2 heteroatoms. The number of hydrogen-bond acceptors (Lipinski definition) is 2. The molecular weight excluding hydrogens is 268 g/mol. The summed E-state index contributed by atoms with van der Waals surface area (Å²) in [6.07, 6.45) is 5.91. The number of rotatable bonds is 0. The molecule has 2 N–H and O–H groups in total. The van der Waals surface area contributed by atoms with Crippen LogP contribution >= 0.6 is 0 Å². The first kappa shape index (κ1) is 12.9. The van der Waals surface area contributed by atoms with Crippen LogP contribution in [0, 0.1) is 11.3 Å². The van der Waals surface area contributed by atoms with Crippen molar-refractivity contribution in [2.24, 2.45) is 5.73 Å². The van der Waals surface area contributed by atoms with Gasteiger partial charge in [0.05, 0.1) is 11.5 Å². The normalized spacial score (nSPS) is 17.8. The molecule has 0 unspecified atom stereocenters. The summed E-state index contributed by atoms with van der Waals surface area (Å²) in [4.78, 5) is 0. The van der Waals surface area contributed by atoms with Crippen molar-refractivity contribution in [1.29, 1.82) is 5.26 Å². The van der Waals surface area contributed by atoms with Gasteiger partial charge < -0.3 is 5.73 Å². The van der Waals surface area contributed by atoms with Gasteiger partial charge in [0.25, 0.3) is 0 Å². The monoisotopic (exact) mass is 284 g/mol. The van der Waals surface area contributed by atoms with E-state index in [2.05, 4.69) is 54.6 Å². The summed E-state index contributed by atoms with van der Waals surface area (Å²) in [5.74, 6) is 0. The third-order valence-corrected chi connectivity index (χ3v) is 4.95. The van der Waals surface area contributed by atoms with Gasteiger partial charge in [-0.05, 0) is 35.1 Å². The van der Waals surface area contributed by atoms with Crippen LogP contribution < -0.4 is 5.73 Å². The fraction of sp³-hybridized carbons (Fsp3) is 0.150. The maximum absolute atomic E-state index is 9.41. The van der Waals surface area contributed by atoms with Crippen LogP contribution in [0.1, 0.15) is 35.1 Å². The summed E-state index contributed by atoms with van der Waals surface area (Å²) in [6.45, 7) is 0. The highest BCUT2D eigenvalue weighted by atomic mass is 14.7. The van der Waals surface area contributed by atoms with Gasteiger partial charge in [0.2, 0.25) is 0 Å². The molecule has 2 aliphatic rings. The summed E-state index contributed by atoms with van der Waals surface area (Å²) in [6, 6.07) is 19.0. The number of nitriles is 1. The van der Waals surface area contributed by atoms with E-state index in [-0.39, 0.29) is 5.41 Å². The predicted octanol–water partition coefficient (Wildman–Crippen LogP) is 3.99. The minimum atomic E-state index is -0.373. The minimum absolute atomic E-state index is 0.373. The number of hydrogen-bond donors (Lipinski definition) is 1. The molecule has 1 spiro atoms. The van der Waals surface area contributed by atoms with Gasteiger partial charge in [-0.2, -0.15) is 5.26 Å². The Morgan fingerprint density at radius 1 is 0.909 bits per heavy atom. The molecule has 0 atom stereocenters. The van der Waals surface area contributed by atoms with E-state index < -0.39 is 0 Å². The Balaban J connectivity index is 2.13. The van der Waals surface area contributed by atoms with E-state index in [0.29, 0.717) is 0 Å². The largest absolute Gasteiger partial charge is 0.400 e. The lowest BCUT2D eigenvalue weighted by Gasteiger charge is -2.33. The summed E-state index contributed by atoms with van der Waals surface area (Å²) >= 11 is 0. The number of nitrogens with zero attached hydrogens (tertiary/aromatic N) is 1. The van der Waals surface area contributed by atoms with E-state index in [9.17, 15) is 5.26 Å². The van der Waals surface area contributed by atoms with Crippen molar-refractivity contribution in [1.82, 2.24) is 0 Å². The van der Waals surface area contributed by atoms with E-state index in [1.807, 2.05) is 12.1 Å². The molecule has 0 bridgehead atoms. The molecule has 0 amide bonds. The average molecular weight is 284 g/mol. The smallest absolute Gasteiger partial charge is 0.0965 e. The van der Waals surface area contributed by atoms with Gasteiger partial charge in [-0.25, -0.2) is 0 Å². The van der Waals surface area contributed by atoms with Gasteiger partial charge in [-0.15, -0.1) is 0 Å². The van der Waals surface area contributed by atoms with Crippen molar-refractivity contribution >= 4 is 12.2 Å². The lowest BCUT2D eigenvalue weighted by atomic mass is 9.70. The van der Waals surface area contributed by atoms with Crippen LogP contribution in [-0.4, -0.2) is 0 Å². The Morgan fingerprint density at radius 2 is 1.45 bits per heavy atom. The molecule has 0 radical (unpaired) electrons. The van der Waals surface area contributed by atoms with Crippen molar-refractivity contribution in [3.63, 3.8) is 0 Å². The standard InChI is InChI=1S/C20H16N2/c21-13-16-11-12-20(19(16)22)17-7-3-1-5-14(17)9-10-15-6-2-4-8-18(15)20/h1-10H,11-12,22H2. The Hall–Kier alpha value is -2.79. The average Bonchev–Trinajstić information content (AvgIpc) is 2.82. The van der Waals surface area contributed by atoms with Gasteiger partial charge in [0.1, 0.15) is 0 Å². The molecule has 0 aliphatic heterocycles. The quantitative estimate of drug-likeness (QED) is 0.795. The molecule has 2 aromatic rings. The highest BCUT2D eigenvalue weighted by molar-refractivity contribution is 5.79. The SMILES string of the molecule is N#CC1=C(N)C2(CC1)c1ccccc1C=Cc1ccccc12. The van der Waals surface area contributed by atoms with E-state index in [4.69, 9.17) is 5.73 Å². The molecule has 0 saturated heterocycles. The molecule has 2 nitrogen and oxygen atoms in total. The van der Waals surface area contributed by atoms with E-state index in [1.54, 1.807) is 0 Å². The first-order chi connectivity index (χ1) is 10.8. The highest BCUT2D eigenvalue weighted by Crippen LogP contribution is 2.51. The minimum Gasteiger partial charge on any atom is -0.400 e. The zero-order valence-corrected chi connectivity index (χ0v) is 12.2. The van der Waals surface area contributed by atoms with Crippen molar-refractivity contribution in [2.45, 2.75) is 18.3 Å². The van der Waals surface area contributed by atoms with Gasteiger partial charge in [0, 0.05) is 11.3 Å². The molecule has 4 rings (SSSR count). The van der Waals surface area contributed by atoms with Crippen LogP contribution in [-0.2, 0) is 5.41 Å². The van der Waals surface area contributed by atoms with Crippen molar-refractivity contribution in [3.8, 4) is 6.07 Å². The second kappa shape index (κ2) is 4.61. The van der Waals surface area contributed by atoms with Gasteiger partial charge >= 0.3 is 0 Å². The van der Waals surface area contributed by atoms with E-state index in [1.165, 1.54) is 22.3 Å². The molecule has 106 valence electrons. The summed E-state index contributed by atoms with van der Waals surface area (Å²) in [7, 11) is 0. The van der Waals surface area contributed by atoms with E-state index in [0.717, 1.165) is 24.1 Å². The second-order valence-corrected chi connectivity index (χ2v) is 5.92. The Morgan fingerprint density at radius 3 is 1.95 bits per heavy atom. The molecule has 22 heavy (non-hydrogen) atoms. The van der Waals surface area contributed by atoms with Crippen LogP contribution in [0.2, 0.25) is 0 Å². The highest BCUT2D eigenvalue weighted by Gasteiger charge is 2.45. The van der Waals surface area contributed by atoms with Crippen LogP contribution in [0.5, 0.6) is 0 Å². The van der Waals surface area contributed by atoms with Gasteiger partial charge in [-0.1, -0.05) is 60.7 Å². The van der Waals surface area contributed by atoms with Crippen molar-refractivity contribution < 1.29 is 0 Å². The first-order valence-electron chi connectivity index (χ1n) is 7.53. The molecule has 0 saturated carbocycles. The number of nitrogens with two attached hydrogens (primary N) is 1. The van der Waals surface area contributed by atoms with Crippen LogP contribution in [0.15, 0.2) is 59.8 Å². The third kappa shape index (κ3) is 1.54. The summed E-state index contributed by atoms with van der Waals surface area (Å²) in [5.41, 5.74) is 12.4. The lowest BCUT2D eigenvalue weighted by Crippen LogP contribution is -2.32. The zero-order chi connectivity index (χ0) is 15.2. The van der Waals surface area contributed by atoms with Crippen LogP contribution in [0.4, 0.5) is 0 Å². The second-order valence-electron chi connectivity index (χ2n) is 5.92. The van der Waals surface area contributed by atoms with Crippen molar-refractivity contribution in [3.05, 3.63) is 82.1 Å². The molecule has 0 fully saturated rings. The maximum Gasteiger partial charge on any atom is 0.0965 e. The number of allylic oxidation sites excluding steroid dienone is 2. The molecule has 2 aliphatic carbocycles. The molecule has 0 heterocycles. The molecule has 2 aromatic carbocycles. The zero-order valence-electron chi connectivity index (χ0n) is 12.2. The summed E-state index contributed by atoms with van der Waals surface area (Å²) in [5, 5.41) is 9.41. The number of fused-ring (bicyclic) bond motifs is 4. The Bertz CT molecular complexity index is 816. The lowest BCUT2D eigenvalue weighted by molar-refractivity contribution is 0.587. The Kier molecular flexibility index (Phi) is 2.71. The number of benzene rings is 2. The fourth-order valence-corrected chi connectivity index (χ4v) is 3.90. The maximum atomic E-state index is 9.41. The van der Waals surface area contributed by atoms with Crippen molar-refractivity contribution in [2.75, 3.05) is 0 Å². The van der Waals surface area contributed by atoms with Crippen LogP contribution in [0.25, 0.3) is 12.2 Å². The predicted molar refractivity (Wildman–Crippen MR) is 88.7 cm³/mol. The molecular formula is C20H16N2. The summed E-state index contributed by atoms with van der Waals surface area (Å²) < 4.78 is 0. The van der Waals surface area contributed by atoms with Crippen LogP contribution in [0.3, 0.4) is 0 Å². The molecule has 0 aromatic heterocycles. The first-order valence-corrected chi connectivity index (χ1v) is 7.53. The third-order valence-electron chi connectivity index (χ3n) is 4.95. The fourth-order valence-electron chi connectivity index (χ4n) is 3.90. The Labute approximate surface area is 130 Å². The van der Waals surface area contributed by atoms with Gasteiger partial charge in [-0.3, -0.25) is 0 Å².